The molecule has 7 heteroatoms. The standard InChI is InChI=1S/C23H27N3O4/c1-6-21(27)30-22-24-26(17-9-7-15(2)8-10-17)23(3)18-14-20(29-5)19(28-4)13-16(18)11-12-25(22)23/h7-10,13-14H,6,11-12H2,1-5H3. The highest BCUT2D eigenvalue weighted by Gasteiger charge is 2.52. The Morgan fingerprint density at radius 2 is 1.80 bits per heavy atom. The molecule has 1 atom stereocenters. The summed E-state index contributed by atoms with van der Waals surface area (Å²) in [5.74, 6) is 1.05. The molecule has 0 saturated heterocycles. The Balaban J connectivity index is 1.88. The van der Waals surface area contributed by atoms with Gasteiger partial charge >= 0.3 is 12.0 Å². The number of rotatable bonds is 4. The summed E-state index contributed by atoms with van der Waals surface area (Å²) in [4.78, 5) is 14.1. The Morgan fingerprint density at radius 3 is 2.43 bits per heavy atom. The SMILES string of the molecule is CCC(=O)OC1=NN(c2ccc(C)cc2)C2(C)c3cc(OC)c(OC)cc3CCN12. The van der Waals surface area contributed by atoms with E-state index in [1.165, 1.54) is 0 Å². The predicted molar refractivity (Wildman–Crippen MR) is 115 cm³/mol. The normalized spacial score (nSPS) is 19.7. The molecule has 0 aliphatic carbocycles. The van der Waals surface area contributed by atoms with E-state index in [1.54, 1.807) is 21.1 Å². The van der Waals surface area contributed by atoms with Crippen molar-refractivity contribution in [1.29, 1.82) is 0 Å². The fourth-order valence-corrected chi connectivity index (χ4v) is 4.16. The number of anilines is 1. The number of amidine groups is 1. The summed E-state index contributed by atoms with van der Waals surface area (Å²) >= 11 is 0. The first-order valence-corrected chi connectivity index (χ1v) is 10.1. The maximum Gasteiger partial charge on any atom is 0.319 e. The second-order valence-electron chi connectivity index (χ2n) is 7.64. The Kier molecular flexibility index (Phi) is 5.05. The topological polar surface area (TPSA) is 63.6 Å². The van der Waals surface area contributed by atoms with Crippen LogP contribution in [-0.4, -0.2) is 37.7 Å². The van der Waals surface area contributed by atoms with Crippen molar-refractivity contribution in [2.45, 2.75) is 39.3 Å². The van der Waals surface area contributed by atoms with E-state index in [-0.39, 0.29) is 12.4 Å². The molecule has 0 N–H and O–H groups in total. The summed E-state index contributed by atoms with van der Waals surface area (Å²) in [5.41, 5.74) is 3.60. The molecule has 2 aliphatic rings. The van der Waals surface area contributed by atoms with Crippen LogP contribution in [0, 0.1) is 6.92 Å². The van der Waals surface area contributed by atoms with Crippen molar-refractivity contribution in [3.05, 3.63) is 53.1 Å². The number of esters is 1. The number of hydrazone groups is 1. The molecule has 4 rings (SSSR count). The van der Waals surface area contributed by atoms with Gasteiger partial charge in [-0.25, -0.2) is 5.01 Å². The minimum atomic E-state index is -0.675. The van der Waals surface area contributed by atoms with Gasteiger partial charge in [0.1, 0.15) is 0 Å². The zero-order chi connectivity index (χ0) is 21.5. The van der Waals surface area contributed by atoms with Crippen molar-refractivity contribution in [2.75, 3.05) is 25.8 Å². The molecule has 30 heavy (non-hydrogen) atoms. The van der Waals surface area contributed by atoms with E-state index in [0.29, 0.717) is 24.1 Å². The van der Waals surface area contributed by atoms with Gasteiger partial charge in [0.15, 0.2) is 17.2 Å². The highest BCUT2D eigenvalue weighted by atomic mass is 16.6. The third-order valence-electron chi connectivity index (χ3n) is 5.85. The van der Waals surface area contributed by atoms with Gasteiger partial charge in [0.2, 0.25) is 0 Å². The quantitative estimate of drug-likeness (QED) is 0.716. The van der Waals surface area contributed by atoms with Crippen molar-refractivity contribution < 1.29 is 19.0 Å². The highest BCUT2D eigenvalue weighted by molar-refractivity contribution is 5.90. The van der Waals surface area contributed by atoms with Gasteiger partial charge < -0.3 is 14.2 Å². The number of hydrogen-bond donors (Lipinski definition) is 0. The minimum Gasteiger partial charge on any atom is -0.493 e. The molecule has 7 nitrogen and oxygen atoms in total. The maximum absolute atomic E-state index is 12.1. The number of methoxy groups -OCH3 is 2. The fourth-order valence-electron chi connectivity index (χ4n) is 4.16. The Labute approximate surface area is 176 Å². The van der Waals surface area contributed by atoms with Crippen LogP contribution in [0.25, 0.3) is 0 Å². The summed E-state index contributed by atoms with van der Waals surface area (Å²) in [6.07, 6.45) is 1.06. The first-order chi connectivity index (χ1) is 14.4. The summed E-state index contributed by atoms with van der Waals surface area (Å²) in [6, 6.07) is 12.5. The first kappa shape index (κ1) is 20.1. The van der Waals surface area contributed by atoms with E-state index < -0.39 is 5.66 Å². The molecule has 0 saturated carbocycles. The van der Waals surface area contributed by atoms with E-state index >= 15 is 0 Å². The van der Waals surface area contributed by atoms with Crippen LogP contribution in [0.15, 0.2) is 41.5 Å². The smallest absolute Gasteiger partial charge is 0.319 e. The van der Waals surface area contributed by atoms with Crippen molar-refractivity contribution in [3.63, 3.8) is 0 Å². The van der Waals surface area contributed by atoms with E-state index in [4.69, 9.17) is 19.3 Å². The summed E-state index contributed by atoms with van der Waals surface area (Å²) in [7, 11) is 3.27. The lowest BCUT2D eigenvalue weighted by atomic mass is 9.87. The lowest BCUT2D eigenvalue weighted by Gasteiger charge is -2.45. The molecule has 2 heterocycles. The first-order valence-electron chi connectivity index (χ1n) is 10.1. The number of fused-ring (bicyclic) bond motifs is 3. The molecule has 0 fully saturated rings. The molecule has 158 valence electrons. The van der Waals surface area contributed by atoms with E-state index in [2.05, 4.69) is 11.8 Å². The molecule has 0 amide bonds. The van der Waals surface area contributed by atoms with Crippen LogP contribution in [0.5, 0.6) is 11.5 Å². The van der Waals surface area contributed by atoms with Gasteiger partial charge in [0.05, 0.1) is 19.9 Å². The van der Waals surface area contributed by atoms with Crippen LogP contribution in [0.3, 0.4) is 0 Å². The van der Waals surface area contributed by atoms with Gasteiger partial charge in [-0.3, -0.25) is 9.69 Å². The second-order valence-corrected chi connectivity index (χ2v) is 7.64. The number of benzene rings is 2. The van der Waals surface area contributed by atoms with Gasteiger partial charge in [-0.1, -0.05) is 24.6 Å². The van der Waals surface area contributed by atoms with Crippen LogP contribution in [-0.2, 0) is 21.6 Å². The molecule has 2 aliphatic heterocycles. The zero-order valence-corrected chi connectivity index (χ0v) is 18.1. The van der Waals surface area contributed by atoms with Crippen molar-refractivity contribution in [3.8, 4) is 11.5 Å². The number of nitrogens with zero attached hydrogens (tertiary/aromatic N) is 3. The zero-order valence-electron chi connectivity index (χ0n) is 18.1. The molecule has 2 aromatic rings. The predicted octanol–water partition coefficient (Wildman–Crippen LogP) is 3.79. The largest absolute Gasteiger partial charge is 0.493 e. The summed E-state index contributed by atoms with van der Waals surface area (Å²) < 4.78 is 16.7. The van der Waals surface area contributed by atoms with Gasteiger partial charge in [0.25, 0.3) is 0 Å². The number of aryl methyl sites for hydroxylation is 1. The van der Waals surface area contributed by atoms with Crippen LogP contribution < -0.4 is 14.5 Å². The maximum atomic E-state index is 12.1. The van der Waals surface area contributed by atoms with Crippen molar-refractivity contribution in [1.82, 2.24) is 4.90 Å². The van der Waals surface area contributed by atoms with E-state index in [0.717, 1.165) is 28.8 Å². The summed E-state index contributed by atoms with van der Waals surface area (Å²) in [5, 5.41) is 6.68. The molecule has 2 aromatic carbocycles. The lowest BCUT2D eigenvalue weighted by Crippen LogP contribution is -2.55. The average Bonchev–Trinajstić information content (AvgIpc) is 3.05. The van der Waals surface area contributed by atoms with E-state index in [9.17, 15) is 4.79 Å². The highest BCUT2D eigenvalue weighted by Crippen LogP contribution is 2.47. The third kappa shape index (κ3) is 3.05. The minimum absolute atomic E-state index is 0.287. The van der Waals surface area contributed by atoms with E-state index in [1.807, 2.05) is 48.3 Å². The van der Waals surface area contributed by atoms with Crippen LogP contribution in [0.4, 0.5) is 5.69 Å². The Hall–Kier alpha value is -3.22. The average molecular weight is 409 g/mol. The molecular formula is C23H27N3O4. The second kappa shape index (κ2) is 7.55. The fraction of sp³-hybridized carbons (Fsp3) is 0.391. The van der Waals surface area contributed by atoms with Crippen LogP contribution in [0.2, 0.25) is 0 Å². The number of hydrogen-bond acceptors (Lipinski definition) is 7. The van der Waals surface area contributed by atoms with Gasteiger partial charge in [-0.05, 0) is 50.1 Å². The number of ether oxygens (including phenoxy) is 3. The number of carbonyl (C=O) groups excluding carboxylic acids is 1. The molecular weight excluding hydrogens is 382 g/mol. The molecule has 1 unspecified atom stereocenters. The molecule has 0 radical (unpaired) electrons. The van der Waals surface area contributed by atoms with Gasteiger partial charge in [-0.2, -0.15) is 0 Å². The number of carbonyl (C=O) groups is 1. The van der Waals surface area contributed by atoms with Crippen molar-refractivity contribution >= 4 is 17.7 Å². The molecule has 0 bridgehead atoms. The lowest BCUT2D eigenvalue weighted by molar-refractivity contribution is -0.136. The Bertz CT molecular complexity index is 1000. The van der Waals surface area contributed by atoms with Gasteiger partial charge in [-0.15, -0.1) is 5.10 Å². The van der Waals surface area contributed by atoms with Gasteiger partial charge in [0, 0.05) is 18.5 Å². The third-order valence-corrected chi connectivity index (χ3v) is 5.85. The van der Waals surface area contributed by atoms with Crippen LogP contribution in [0.1, 0.15) is 37.0 Å². The van der Waals surface area contributed by atoms with Crippen LogP contribution >= 0.6 is 0 Å². The Morgan fingerprint density at radius 1 is 1.13 bits per heavy atom. The molecule has 0 spiro atoms. The monoisotopic (exact) mass is 409 g/mol. The molecule has 0 aromatic heterocycles. The summed E-state index contributed by atoms with van der Waals surface area (Å²) in [6.45, 7) is 6.58. The van der Waals surface area contributed by atoms with Crippen molar-refractivity contribution in [2.24, 2.45) is 5.10 Å².